The summed E-state index contributed by atoms with van der Waals surface area (Å²) in [6, 6.07) is 26.5. The molecule has 31 heavy (non-hydrogen) atoms. The van der Waals surface area contributed by atoms with Crippen LogP contribution in [0.3, 0.4) is 0 Å². The van der Waals surface area contributed by atoms with Gasteiger partial charge in [0.25, 0.3) is 0 Å². The highest BCUT2D eigenvalue weighted by Crippen LogP contribution is 2.35. The molecule has 6 nitrogen and oxygen atoms in total. The monoisotopic (exact) mass is 412 g/mol. The second-order valence-electron chi connectivity index (χ2n) is 6.71. The number of nitrogens with zero attached hydrogens (tertiary/aromatic N) is 2. The summed E-state index contributed by atoms with van der Waals surface area (Å²) in [4.78, 5) is 25.6. The minimum Gasteiger partial charge on any atom is -0.465 e. The van der Waals surface area contributed by atoms with Crippen LogP contribution in [0.15, 0.2) is 84.9 Å². The van der Waals surface area contributed by atoms with E-state index in [0.717, 1.165) is 11.1 Å². The fourth-order valence-electron chi connectivity index (χ4n) is 3.50. The van der Waals surface area contributed by atoms with E-state index in [-0.39, 0.29) is 11.3 Å². The van der Waals surface area contributed by atoms with E-state index in [1.807, 2.05) is 72.8 Å². The molecule has 0 saturated heterocycles. The van der Waals surface area contributed by atoms with Gasteiger partial charge < -0.3 is 9.47 Å². The van der Waals surface area contributed by atoms with E-state index in [9.17, 15) is 9.59 Å². The molecule has 0 aliphatic heterocycles. The lowest BCUT2D eigenvalue weighted by molar-refractivity contribution is 0.0549. The minimum absolute atomic E-state index is 0.0124. The Labute approximate surface area is 179 Å². The molecular weight excluding hydrogens is 392 g/mol. The van der Waals surface area contributed by atoms with Gasteiger partial charge in [0.2, 0.25) is 0 Å². The van der Waals surface area contributed by atoms with Gasteiger partial charge in [0.15, 0.2) is 5.69 Å². The van der Waals surface area contributed by atoms with E-state index in [1.165, 1.54) is 18.9 Å². The Bertz CT molecular complexity index is 1230. The van der Waals surface area contributed by atoms with Gasteiger partial charge in [-0.3, -0.25) is 0 Å². The quantitative estimate of drug-likeness (QED) is 0.441. The number of ether oxygens (including phenoxy) is 2. The fraction of sp³-hybridized carbons (Fsp3) is 0.0800. The maximum atomic E-state index is 12.9. The van der Waals surface area contributed by atoms with Gasteiger partial charge in [0, 0.05) is 5.56 Å². The molecule has 0 unspecified atom stereocenters. The van der Waals surface area contributed by atoms with E-state index in [2.05, 4.69) is 5.10 Å². The average molecular weight is 412 g/mol. The van der Waals surface area contributed by atoms with Crippen LogP contribution in [0, 0.1) is 0 Å². The summed E-state index contributed by atoms with van der Waals surface area (Å²) < 4.78 is 11.4. The van der Waals surface area contributed by atoms with E-state index < -0.39 is 11.9 Å². The van der Waals surface area contributed by atoms with Crippen LogP contribution in [0.2, 0.25) is 0 Å². The fourth-order valence-corrected chi connectivity index (χ4v) is 3.50. The van der Waals surface area contributed by atoms with Crippen LogP contribution in [0.4, 0.5) is 0 Å². The van der Waals surface area contributed by atoms with Crippen molar-refractivity contribution in [2.24, 2.45) is 0 Å². The Balaban J connectivity index is 2.06. The summed E-state index contributed by atoms with van der Waals surface area (Å²) in [7, 11) is 2.54. The lowest BCUT2D eigenvalue weighted by Crippen LogP contribution is -2.15. The lowest BCUT2D eigenvalue weighted by atomic mass is 9.95. The van der Waals surface area contributed by atoms with Crippen LogP contribution >= 0.6 is 0 Å². The van der Waals surface area contributed by atoms with Gasteiger partial charge in [0.05, 0.1) is 19.9 Å². The number of rotatable bonds is 5. The molecule has 154 valence electrons. The third kappa shape index (κ3) is 3.71. The first-order valence-electron chi connectivity index (χ1n) is 9.65. The van der Waals surface area contributed by atoms with Gasteiger partial charge in [-0.1, -0.05) is 72.8 Å². The normalized spacial score (nSPS) is 10.5. The van der Waals surface area contributed by atoms with Gasteiger partial charge in [-0.25, -0.2) is 14.3 Å². The van der Waals surface area contributed by atoms with E-state index in [4.69, 9.17) is 9.47 Å². The maximum absolute atomic E-state index is 12.9. The molecule has 1 heterocycles. The summed E-state index contributed by atoms with van der Waals surface area (Å²) in [5.41, 5.74) is 3.58. The molecule has 6 heteroatoms. The Morgan fingerprint density at radius 3 is 1.87 bits per heavy atom. The van der Waals surface area contributed by atoms with Gasteiger partial charge in [0.1, 0.15) is 11.3 Å². The van der Waals surface area contributed by atoms with Gasteiger partial charge in [-0.2, -0.15) is 5.10 Å². The molecule has 0 fully saturated rings. The molecule has 0 aliphatic carbocycles. The Kier molecular flexibility index (Phi) is 5.62. The first kappa shape index (κ1) is 20.1. The number of methoxy groups -OCH3 is 2. The minimum atomic E-state index is -0.680. The zero-order valence-electron chi connectivity index (χ0n) is 17.1. The highest BCUT2D eigenvalue weighted by Gasteiger charge is 2.32. The molecule has 0 atom stereocenters. The molecule has 4 aromatic rings. The molecular formula is C25H20N2O4. The molecule has 3 aromatic carbocycles. The second-order valence-corrected chi connectivity index (χ2v) is 6.71. The zero-order chi connectivity index (χ0) is 21.8. The average Bonchev–Trinajstić information content (AvgIpc) is 3.24. The van der Waals surface area contributed by atoms with Crippen molar-refractivity contribution in [1.29, 1.82) is 0 Å². The van der Waals surface area contributed by atoms with Crippen molar-refractivity contribution in [3.05, 3.63) is 96.2 Å². The number of carbonyl (C=O) groups excluding carboxylic acids is 2. The van der Waals surface area contributed by atoms with Crippen molar-refractivity contribution in [2.45, 2.75) is 0 Å². The summed E-state index contributed by atoms with van der Waals surface area (Å²) in [5.74, 6) is -1.35. The predicted octanol–water partition coefficient (Wildman–Crippen LogP) is 4.78. The van der Waals surface area contributed by atoms with Crippen molar-refractivity contribution in [2.75, 3.05) is 14.2 Å². The number of hydrogen-bond acceptors (Lipinski definition) is 5. The Morgan fingerprint density at radius 2 is 1.26 bits per heavy atom. The van der Waals surface area contributed by atoms with Crippen LogP contribution < -0.4 is 0 Å². The van der Waals surface area contributed by atoms with E-state index in [0.29, 0.717) is 16.9 Å². The smallest absolute Gasteiger partial charge is 0.357 e. The van der Waals surface area contributed by atoms with E-state index in [1.54, 1.807) is 12.1 Å². The molecule has 1 aromatic heterocycles. The molecule has 0 amide bonds. The standard InChI is InChI=1S/C25H20N2O4/c1-30-24(28)21-22(20-16-10-9-15-19(20)17-11-5-3-6-12-17)26-27(23(21)25(29)31-2)18-13-7-4-8-14-18/h3-16H,1-2H3. The van der Waals surface area contributed by atoms with Gasteiger partial charge in [-0.15, -0.1) is 0 Å². The molecule has 0 bridgehead atoms. The zero-order valence-corrected chi connectivity index (χ0v) is 17.1. The predicted molar refractivity (Wildman–Crippen MR) is 117 cm³/mol. The molecule has 0 aliphatic rings. The first-order valence-corrected chi connectivity index (χ1v) is 9.65. The molecule has 0 spiro atoms. The van der Waals surface area contributed by atoms with Crippen LogP contribution in [0.5, 0.6) is 0 Å². The number of carbonyl (C=O) groups is 2. The van der Waals surface area contributed by atoms with Crippen LogP contribution in [0.1, 0.15) is 20.8 Å². The number of para-hydroxylation sites is 1. The third-order valence-electron chi connectivity index (χ3n) is 4.92. The molecule has 0 N–H and O–H groups in total. The van der Waals surface area contributed by atoms with Crippen molar-refractivity contribution in [1.82, 2.24) is 9.78 Å². The summed E-state index contributed by atoms with van der Waals surface area (Å²) in [5, 5.41) is 4.69. The Morgan fingerprint density at radius 1 is 0.710 bits per heavy atom. The van der Waals surface area contributed by atoms with Gasteiger partial charge >= 0.3 is 11.9 Å². The van der Waals surface area contributed by atoms with Crippen LogP contribution in [-0.2, 0) is 9.47 Å². The topological polar surface area (TPSA) is 70.4 Å². The number of benzene rings is 3. The Hall–Kier alpha value is -4.19. The second kappa shape index (κ2) is 8.67. The highest BCUT2D eigenvalue weighted by atomic mass is 16.5. The van der Waals surface area contributed by atoms with E-state index >= 15 is 0 Å². The third-order valence-corrected chi connectivity index (χ3v) is 4.92. The van der Waals surface area contributed by atoms with Crippen LogP contribution in [0.25, 0.3) is 28.1 Å². The summed E-state index contributed by atoms with van der Waals surface area (Å²) in [6.45, 7) is 0. The SMILES string of the molecule is COC(=O)c1c(-c2ccccc2-c2ccccc2)nn(-c2ccccc2)c1C(=O)OC. The summed E-state index contributed by atoms with van der Waals surface area (Å²) in [6.07, 6.45) is 0. The molecule has 0 saturated carbocycles. The van der Waals surface area contributed by atoms with Crippen molar-refractivity contribution < 1.29 is 19.1 Å². The maximum Gasteiger partial charge on any atom is 0.357 e. The first-order chi connectivity index (χ1) is 15.2. The number of esters is 2. The molecule has 4 rings (SSSR count). The largest absolute Gasteiger partial charge is 0.465 e. The van der Waals surface area contributed by atoms with Gasteiger partial charge in [-0.05, 0) is 23.3 Å². The van der Waals surface area contributed by atoms with Crippen molar-refractivity contribution in [3.63, 3.8) is 0 Å². The van der Waals surface area contributed by atoms with Crippen molar-refractivity contribution in [3.8, 4) is 28.1 Å². The van der Waals surface area contributed by atoms with Crippen molar-refractivity contribution >= 4 is 11.9 Å². The highest BCUT2D eigenvalue weighted by molar-refractivity contribution is 6.07. The number of aromatic nitrogens is 2. The summed E-state index contributed by atoms with van der Waals surface area (Å²) >= 11 is 0. The number of hydrogen-bond donors (Lipinski definition) is 0. The molecule has 0 radical (unpaired) electrons. The van der Waals surface area contributed by atoms with Crippen LogP contribution in [-0.4, -0.2) is 35.9 Å². The lowest BCUT2D eigenvalue weighted by Gasteiger charge is -2.09.